The van der Waals surface area contributed by atoms with Crippen LogP contribution in [-0.4, -0.2) is 26.3 Å². The number of nitrogens with one attached hydrogen (secondary N) is 2. The Balaban J connectivity index is 1.66. The molecule has 0 radical (unpaired) electrons. The van der Waals surface area contributed by atoms with Crippen molar-refractivity contribution < 1.29 is 0 Å². The highest BCUT2D eigenvalue weighted by Gasteiger charge is 2.15. The van der Waals surface area contributed by atoms with Crippen molar-refractivity contribution in [1.82, 2.24) is 19.7 Å². The van der Waals surface area contributed by atoms with E-state index in [1.165, 1.54) is 25.7 Å². The maximum absolute atomic E-state index is 4.57. The average Bonchev–Trinajstić information content (AvgIpc) is 3.11. The van der Waals surface area contributed by atoms with Gasteiger partial charge in [0.2, 0.25) is 5.95 Å². The number of hydrogen-bond acceptors (Lipinski definition) is 5. The largest absolute Gasteiger partial charge is 0.369 e. The normalized spacial score (nSPS) is 15.3. The summed E-state index contributed by atoms with van der Waals surface area (Å²) in [6.07, 6.45) is 10.9. The fraction of sp³-hybridized carbons (Fsp3) is 0.533. The van der Waals surface area contributed by atoms with E-state index in [0.717, 1.165) is 29.5 Å². The van der Waals surface area contributed by atoms with Crippen LogP contribution in [0, 0.1) is 12.8 Å². The first-order valence-corrected chi connectivity index (χ1v) is 7.54. The highest BCUT2D eigenvalue weighted by Crippen LogP contribution is 2.25. The molecule has 0 bridgehead atoms. The third kappa shape index (κ3) is 3.51. The summed E-state index contributed by atoms with van der Waals surface area (Å²) >= 11 is 0. The van der Waals surface area contributed by atoms with Gasteiger partial charge in [-0.25, -0.2) is 4.98 Å². The number of anilines is 3. The first-order chi connectivity index (χ1) is 10.2. The molecular formula is C15H22N6. The summed E-state index contributed by atoms with van der Waals surface area (Å²) in [7, 11) is 1.88. The Morgan fingerprint density at radius 1 is 1.29 bits per heavy atom. The van der Waals surface area contributed by atoms with Crippen LogP contribution in [0.2, 0.25) is 0 Å². The Kier molecular flexibility index (Phi) is 4.03. The van der Waals surface area contributed by atoms with E-state index in [9.17, 15) is 0 Å². The number of hydrogen-bond donors (Lipinski definition) is 2. The molecule has 1 aliphatic carbocycles. The number of rotatable bonds is 5. The van der Waals surface area contributed by atoms with Crippen LogP contribution < -0.4 is 10.6 Å². The second kappa shape index (κ2) is 6.11. The molecule has 6 nitrogen and oxygen atoms in total. The van der Waals surface area contributed by atoms with Gasteiger partial charge >= 0.3 is 0 Å². The van der Waals surface area contributed by atoms with Gasteiger partial charge in [0.1, 0.15) is 5.82 Å². The monoisotopic (exact) mass is 286 g/mol. The van der Waals surface area contributed by atoms with Crippen LogP contribution in [-0.2, 0) is 7.05 Å². The van der Waals surface area contributed by atoms with E-state index in [0.29, 0.717) is 5.95 Å². The number of aromatic nitrogens is 4. The van der Waals surface area contributed by atoms with Crippen molar-refractivity contribution >= 4 is 17.5 Å². The molecule has 3 rings (SSSR count). The van der Waals surface area contributed by atoms with Crippen LogP contribution >= 0.6 is 0 Å². The minimum Gasteiger partial charge on any atom is -0.369 e. The third-order valence-corrected chi connectivity index (χ3v) is 3.97. The Hall–Kier alpha value is -2.11. The Labute approximate surface area is 125 Å². The molecule has 2 heterocycles. The lowest BCUT2D eigenvalue weighted by Crippen LogP contribution is -2.13. The average molecular weight is 286 g/mol. The van der Waals surface area contributed by atoms with E-state index < -0.39 is 0 Å². The van der Waals surface area contributed by atoms with E-state index in [-0.39, 0.29) is 0 Å². The molecule has 112 valence electrons. The summed E-state index contributed by atoms with van der Waals surface area (Å²) in [5.74, 6) is 2.31. The van der Waals surface area contributed by atoms with E-state index in [1.54, 1.807) is 10.9 Å². The van der Waals surface area contributed by atoms with E-state index in [4.69, 9.17) is 0 Å². The summed E-state index contributed by atoms with van der Waals surface area (Å²) in [5.41, 5.74) is 1.97. The molecular weight excluding hydrogens is 264 g/mol. The van der Waals surface area contributed by atoms with Crippen molar-refractivity contribution in [2.24, 2.45) is 13.0 Å². The van der Waals surface area contributed by atoms with E-state index in [1.807, 2.05) is 26.4 Å². The molecule has 1 aliphatic rings. The Morgan fingerprint density at radius 3 is 2.81 bits per heavy atom. The van der Waals surface area contributed by atoms with Gasteiger partial charge < -0.3 is 10.6 Å². The molecule has 0 amide bonds. The smallest absolute Gasteiger partial charge is 0.229 e. The lowest BCUT2D eigenvalue weighted by atomic mass is 10.1. The lowest BCUT2D eigenvalue weighted by Gasteiger charge is -2.13. The van der Waals surface area contributed by atoms with Gasteiger partial charge in [-0.3, -0.25) is 4.68 Å². The lowest BCUT2D eigenvalue weighted by molar-refractivity contribution is 0.578. The molecule has 21 heavy (non-hydrogen) atoms. The summed E-state index contributed by atoms with van der Waals surface area (Å²) < 4.78 is 1.75. The summed E-state index contributed by atoms with van der Waals surface area (Å²) in [5, 5.41) is 10.8. The van der Waals surface area contributed by atoms with Gasteiger partial charge in [0, 0.05) is 31.5 Å². The maximum Gasteiger partial charge on any atom is 0.229 e. The van der Waals surface area contributed by atoms with Gasteiger partial charge in [-0.05, 0) is 25.7 Å². The molecule has 0 saturated heterocycles. The molecule has 0 atom stereocenters. The van der Waals surface area contributed by atoms with Crippen LogP contribution in [0.15, 0.2) is 18.6 Å². The maximum atomic E-state index is 4.57. The predicted molar refractivity (Wildman–Crippen MR) is 83.7 cm³/mol. The van der Waals surface area contributed by atoms with Gasteiger partial charge in [-0.2, -0.15) is 10.1 Å². The standard InChI is InChI=1S/C15H22N6/c1-11-7-17-15(19-13-9-18-21(2)10-13)20-14(11)16-8-12-5-3-4-6-12/h7,9-10,12H,3-6,8H2,1-2H3,(H2,16,17,19,20). The second-order valence-corrected chi connectivity index (χ2v) is 5.78. The molecule has 0 aliphatic heterocycles. The summed E-state index contributed by atoms with van der Waals surface area (Å²) in [6.45, 7) is 3.04. The van der Waals surface area contributed by atoms with Gasteiger partial charge in [-0.15, -0.1) is 0 Å². The quantitative estimate of drug-likeness (QED) is 0.884. The zero-order valence-electron chi connectivity index (χ0n) is 12.6. The highest BCUT2D eigenvalue weighted by atomic mass is 15.3. The van der Waals surface area contributed by atoms with Crippen molar-refractivity contribution in [1.29, 1.82) is 0 Å². The van der Waals surface area contributed by atoms with Crippen LogP contribution in [0.1, 0.15) is 31.2 Å². The van der Waals surface area contributed by atoms with E-state index in [2.05, 4.69) is 25.7 Å². The molecule has 0 spiro atoms. The minimum atomic E-state index is 0.600. The van der Waals surface area contributed by atoms with Gasteiger partial charge in [-0.1, -0.05) is 12.8 Å². The number of nitrogens with zero attached hydrogens (tertiary/aromatic N) is 4. The molecule has 0 aromatic carbocycles. The van der Waals surface area contributed by atoms with E-state index >= 15 is 0 Å². The molecule has 1 fully saturated rings. The second-order valence-electron chi connectivity index (χ2n) is 5.78. The molecule has 1 saturated carbocycles. The van der Waals surface area contributed by atoms with Gasteiger partial charge in [0.05, 0.1) is 11.9 Å². The van der Waals surface area contributed by atoms with Crippen molar-refractivity contribution in [3.63, 3.8) is 0 Å². The molecule has 0 unspecified atom stereocenters. The number of aryl methyl sites for hydroxylation is 2. The highest BCUT2D eigenvalue weighted by molar-refractivity contribution is 5.54. The Morgan fingerprint density at radius 2 is 2.10 bits per heavy atom. The zero-order valence-corrected chi connectivity index (χ0v) is 12.6. The van der Waals surface area contributed by atoms with Crippen molar-refractivity contribution in [3.8, 4) is 0 Å². The third-order valence-electron chi connectivity index (χ3n) is 3.97. The molecule has 2 N–H and O–H groups in total. The fourth-order valence-electron chi connectivity index (χ4n) is 2.75. The van der Waals surface area contributed by atoms with Crippen LogP contribution in [0.4, 0.5) is 17.5 Å². The van der Waals surface area contributed by atoms with Crippen LogP contribution in [0.25, 0.3) is 0 Å². The Bertz CT molecular complexity index is 600. The SMILES string of the molecule is Cc1cnc(Nc2cnn(C)c2)nc1NCC1CCCC1. The van der Waals surface area contributed by atoms with Crippen LogP contribution in [0.5, 0.6) is 0 Å². The van der Waals surface area contributed by atoms with Crippen molar-refractivity contribution in [3.05, 3.63) is 24.2 Å². The first kappa shape index (κ1) is 13.9. The summed E-state index contributed by atoms with van der Waals surface area (Å²) in [6, 6.07) is 0. The van der Waals surface area contributed by atoms with Gasteiger partial charge in [0.25, 0.3) is 0 Å². The molecule has 2 aromatic rings. The zero-order chi connectivity index (χ0) is 14.7. The predicted octanol–water partition coefficient (Wildman–Crippen LogP) is 2.86. The molecule has 2 aromatic heterocycles. The summed E-state index contributed by atoms with van der Waals surface area (Å²) in [4.78, 5) is 8.89. The van der Waals surface area contributed by atoms with Crippen LogP contribution in [0.3, 0.4) is 0 Å². The van der Waals surface area contributed by atoms with Crippen molar-refractivity contribution in [2.45, 2.75) is 32.6 Å². The molecule has 6 heteroatoms. The van der Waals surface area contributed by atoms with Crippen molar-refractivity contribution in [2.75, 3.05) is 17.2 Å². The van der Waals surface area contributed by atoms with Gasteiger partial charge in [0.15, 0.2) is 0 Å². The topological polar surface area (TPSA) is 67.7 Å². The first-order valence-electron chi connectivity index (χ1n) is 7.54. The minimum absolute atomic E-state index is 0.600. The fourth-order valence-corrected chi connectivity index (χ4v) is 2.75.